The molecule has 17 heavy (non-hydrogen) atoms. The first-order chi connectivity index (χ1) is 7.84. The molecule has 0 spiro atoms. The summed E-state index contributed by atoms with van der Waals surface area (Å²) in [6.45, 7) is 3.30. The molecule has 0 fully saturated rings. The van der Waals surface area contributed by atoms with E-state index in [1.165, 1.54) is 0 Å². The Morgan fingerprint density at radius 2 is 2.00 bits per heavy atom. The zero-order valence-electron chi connectivity index (χ0n) is 9.52. The van der Waals surface area contributed by atoms with Crippen LogP contribution in [0.4, 0.5) is 0 Å². The lowest BCUT2D eigenvalue weighted by molar-refractivity contribution is -0.144. The van der Waals surface area contributed by atoms with Crippen LogP contribution in [0.2, 0.25) is 5.02 Å². The van der Waals surface area contributed by atoms with E-state index in [9.17, 15) is 9.90 Å². The predicted octanol–water partition coefficient (Wildman–Crippen LogP) is 3.49. The van der Waals surface area contributed by atoms with Crippen molar-refractivity contribution in [3.05, 3.63) is 33.3 Å². The number of aliphatic hydroxyl groups excluding tert-OH is 1. The van der Waals surface area contributed by atoms with E-state index < -0.39 is 18.0 Å². The molecule has 0 amide bonds. The third-order valence-electron chi connectivity index (χ3n) is 2.96. The summed E-state index contributed by atoms with van der Waals surface area (Å²) in [5, 5.41) is 19.6. The van der Waals surface area contributed by atoms with Gasteiger partial charge in [0.15, 0.2) is 0 Å². The van der Waals surface area contributed by atoms with Crippen molar-refractivity contribution in [2.24, 2.45) is 11.8 Å². The molecule has 5 heteroatoms. The highest BCUT2D eigenvalue weighted by Gasteiger charge is 2.27. The van der Waals surface area contributed by atoms with Crippen molar-refractivity contribution in [2.75, 3.05) is 0 Å². The van der Waals surface area contributed by atoms with Gasteiger partial charge in [0.2, 0.25) is 0 Å². The molecule has 2 N–H and O–H groups in total. The molecule has 0 aliphatic carbocycles. The Balaban J connectivity index is 2.92. The zero-order valence-corrected chi connectivity index (χ0v) is 11.9. The van der Waals surface area contributed by atoms with Crippen LogP contribution in [0.25, 0.3) is 0 Å². The summed E-state index contributed by atoms with van der Waals surface area (Å²) < 4.78 is 0.686. The number of hydrogen-bond donors (Lipinski definition) is 2. The van der Waals surface area contributed by atoms with Gasteiger partial charge in [-0.25, -0.2) is 0 Å². The van der Waals surface area contributed by atoms with E-state index in [2.05, 4.69) is 15.9 Å². The molecule has 0 aromatic heterocycles. The minimum Gasteiger partial charge on any atom is -0.481 e. The molecule has 0 aliphatic heterocycles. The second-order valence-corrected chi connectivity index (χ2v) is 5.37. The first-order valence-electron chi connectivity index (χ1n) is 5.20. The molecule has 1 aromatic rings. The topological polar surface area (TPSA) is 57.5 Å². The molecular weight excluding hydrogens is 307 g/mol. The Labute approximate surface area is 114 Å². The summed E-state index contributed by atoms with van der Waals surface area (Å²) in [4.78, 5) is 10.9. The van der Waals surface area contributed by atoms with Gasteiger partial charge in [-0.3, -0.25) is 4.79 Å². The number of aliphatic carboxylic acids is 1. The van der Waals surface area contributed by atoms with Gasteiger partial charge in [0, 0.05) is 4.47 Å². The highest BCUT2D eigenvalue weighted by Crippen LogP contribution is 2.32. The molecule has 0 saturated carbocycles. The lowest BCUT2D eigenvalue weighted by Gasteiger charge is -2.22. The van der Waals surface area contributed by atoms with Gasteiger partial charge in [-0.1, -0.05) is 31.5 Å². The summed E-state index contributed by atoms with van der Waals surface area (Å²) in [7, 11) is 0. The van der Waals surface area contributed by atoms with Crippen molar-refractivity contribution >= 4 is 33.5 Å². The van der Waals surface area contributed by atoms with Crippen molar-refractivity contribution < 1.29 is 15.0 Å². The molecule has 1 aromatic carbocycles. The maximum atomic E-state index is 10.9. The molecule has 0 aliphatic rings. The van der Waals surface area contributed by atoms with Crippen molar-refractivity contribution in [1.82, 2.24) is 0 Å². The second-order valence-electron chi connectivity index (χ2n) is 4.10. The Hall–Kier alpha value is -0.580. The summed E-state index contributed by atoms with van der Waals surface area (Å²) in [6.07, 6.45) is -0.824. The second kappa shape index (κ2) is 5.85. The fourth-order valence-electron chi connectivity index (χ4n) is 1.50. The number of benzene rings is 1. The summed E-state index contributed by atoms with van der Waals surface area (Å²) in [6, 6.07) is 5.07. The fourth-order valence-corrected chi connectivity index (χ4v) is 2.01. The lowest BCUT2D eigenvalue weighted by atomic mass is 9.87. The van der Waals surface area contributed by atoms with E-state index in [1.807, 2.05) is 0 Å². The third kappa shape index (κ3) is 3.44. The monoisotopic (exact) mass is 320 g/mol. The molecule has 1 rings (SSSR count). The fraction of sp³-hybridized carbons (Fsp3) is 0.417. The van der Waals surface area contributed by atoms with Crippen molar-refractivity contribution in [3.8, 4) is 0 Å². The van der Waals surface area contributed by atoms with E-state index in [0.29, 0.717) is 15.1 Å². The van der Waals surface area contributed by atoms with Crippen LogP contribution in [0.3, 0.4) is 0 Å². The Morgan fingerprint density at radius 3 is 2.47 bits per heavy atom. The molecule has 0 bridgehead atoms. The highest BCUT2D eigenvalue weighted by molar-refractivity contribution is 9.10. The van der Waals surface area contributed by atoms with Gasteiger partial charge in [0.25, 0.3) is 0 Å². The third-order valence-corrected chi connectivity index (χ3v) is 4.18. The molecule has 94 valence electrons. The Bertz CT molecular complexity index is 422. The number of carboxylic acids is 1. The first kappa shape index (κ1) is 14.5. The summed E-state index contributed by atoms with van der Waals surface area (Å²) in [5.41, 5.74) is 0.655. The van der Waals surface area contributed by atoms with Crippen LogP contribution in [-0.4, -0.2) is 16.2 Å². The Kier molecular flexibility index (Phi) is 4.98. The number of hydrogen-bond acceptors (Lipinski definition) is 2. The number of rotatable bonds is 4. The van der Waals surface area contributed by atoms with Crippen LogP contribution < -0.4 is 0 Å². The lowest BCUT2D eigenvalue weighted by Crippen LogP contribution is -2.23. The first-order valence-corrected chi connectivity index (χ1v) is 6.37. The van der Waals surface area contributed by atoms with E-state index in [0.717, 1.165) is 0 Å². The van der Waals surface area contributed by atoms with Crippen LogP contribution in [0.1, 0.15) is 25.5 Å². The standard InChI is InChI=1S/C12H14BrClO3/c1-6(7(2)12(16)17)11(15)8-3-4-10(14)9(13)5-8/h3-7,11,15H,1-2H3,(H,16,17). The van der Waals surface area contributed by atoms with Gasteiger partial charge in [-0.05, 0) is 39.5 Å². The van der Waals surface area contributed by atoms with E-state index in [4.69, 9.17) is 16.7 Å². The molecular formula is C12H14BrClO3. The number of carbonyl (C=O) groups is 1. The minimum atomic E-state index is -0.912. The Morgan fingerprint density at radius 1 is 1.41 bits per heavy atom. The van der Waals surface area contributed by atoms with Crippen molar-refractivity contribution in [3.63, 3.8) is 0 Å². The summed E-state index contributed by atoms with van der Waals surface area (Å²) >= 11 is 9.13. The molecule has 0 heterocycles. The smallest absolute Gasteiger partial charge is 0.306 e. The largest absolute Gasteiger partial charge is 0.481 e. The highest BCUT2D eigenvalue weighted by atomic mass is 79.9. The van der Waals surface area contributed by atoms with Gasteiger partial charge < -0.3 is 10.2 Å². The number of aliphatic hydroxyl groups is 1. The van der Waals surface area contributed by atoms with E-state index >= 15 is 0 Å². The van der Waals surface area contributed by atoms with Crippen LogP contribution in [0.5, 0.6) is 0 Å². The minimum absolute atomic E-state index is 0.374. The average molecular weight is 322 g/mol. The van der Waals surface area contributed by atoms with Crippen molar-refractivity contribution in [1.29, 1.82) is 0 Å². The molecule has 3 atom stereocenters. The maximum absolute atomic E-state index is 10.9. The quantitative estimate of drug-likeness (QED) is 0.892. The number of halogens is 2. The van der Waals surface area contributed by atoms with Gasteiger partial charge >= 0.3 is 5.97 Å². The van der Waals surface area contributed by atoms with Crippen LogP contribution in [-0.2, 0) is 4.79 Å². The predicted molar refractivity (Wildman–Crippen MR) is 70.1 cm³/mol. The van der Waals surface area contributed by atoms with Gasteiger partial charge in [-0.2, -0.15) is 0 Å². The average Bonchev–Trinajstić information content (AvgIpc) is 2.29. The van der Waals surface area contributed by atoms with Gasteiger partial charge in [0.05, 0.1) is 17.0 Å². The van der Waals surface area contributed by atoms with Crippen molar-refractivity contribution in [2.45, 2.75) is 20.0 Å². The SMILES string of the molecule is CC(C(=O)O)C(C)C(O)c1ccc(Cl)c(Br)c1. The van der Waals surface area contributed by atoms with Gasteiger partial charge in [-0.15, -0.1) is 0 Å². The van der Waals surface area contributed by atoms with Crippen LogP contribution in [0, 0.1) is 11.8 Å². The molecule has 3 nitrogen and oxygen atoms in total. The molecule has 0 saturated heterocycles. The zero-order chi connectivity index (χ0) is 13.2. The van der Waals surface area contributed by atoms with E-state index in [-0.39, 0.29) is 5.92 Å². The maximum Gasteiger partial charge on any atom is 0.306 e. The van der Waals surface area contributed by atoms with Gasteiger partial charge in [0.1, 0.15) is 0 Å². The molecule has 3 unspecified atom stereocenters. The van der Waals surface area contributed by atoms with Crippen LogP contribution >= 0.6 is 27.5 Å². The summed E-state index contributed by atoms with van der Waals surface area (Å²) in [5.74, 6) is -1.90. The molecule has 0 radical (unpaired) electrons. The van der Waals surface area contributed by atoms with E-state index in [1.54, 1.807) is 32.0 Å². The normalized spacial score (nSPS) is 16.3. The van der Waals surface area contributed by atoms with Crippen LogP contribution in [0.15, 0.2) is 22.7 Å². The number of carboxylic acid groups (broad SMARTS) is 1.